The zero-order chi connectivity index (χ0) is 10.8. The van der Waals surface area contributed by atoms with Gasteiger partial charge in [-0.3, -0.25) is 9.39 Å². The van der Waals surface area contributed by atoms with Gasteiger partial charge in [-0.2, -0.15) is 8.42 Å². The summed E-state index contributed by atoms with van der Waals surface area (Å²) in [5.41, 5.74) is 0.127. The molecule has 1 rings (SSSR count). The average Bonchev–Trinajstić information content (AvgIpc) is 2.02. The maximum absolute atomic E-state index is 10.8. The molecule has 1 N–H and O–H groups in total. The molecule has 0 aliphatic heterocycles. The Morgan fingerprint density at radius 3 is 2.57 bits per heavy atom. The van der Waals surface area contributed by atoms with Crippen molar-refractivity contribution in [1.82, 2.24) is 0 Å². The van der Waals surface area contributed by atoms with Crippen LogP contribution in [0.2, 0.25) is 5.02 Å². The molecule has 1 aromatic rings. The van der Waals surface area contributed by atoms with Crippen molar-refractivity contribution < 1.29 is 17.8 Å². The lowest BCUT2D eigenvalue weighted by molar-refractivity contribution is 0.206. The van der Waals surface area contributed by atoms with Gasteiger partial charge in [-0.05, 0) is 18.2 Å². The lowest BCUT2D eigenvalue weighted by atomic mass is 10.3. The molecule has 0 aliphatic rings. The van der Waals surface area contributed by atoms with E-state index in [4.69, 9.17) is 16.2 Å². The molecule has 0 bridgehead atoms. The van der Waals surface area contributed by atoms with Gasteiger partial charge in [0, 0.05) is 5.02 Å². The molecule has 0 saturated carbocycles. The Balaban J connectivity index is 3.14. The molecule has 0 radical (unpaired) electrons. The van der Waals surface area contributed by atoms with Gasteiger partial charge in [0.15, 0.2) is 0 Å². The number of benzene rings is 1. The van der Waals surface area contributed by atoms with Crippen LogP contribution in [-0.4, -0.2) is 20.1 Å². The second-order valence-electron chi connectivity index (χ2n) is 2.37. The van der Waals surface area contributed by atoms with E-state index in [9.17, 15) is 8.42 Å². The quantitative estimate of drug-likeness (QED) is 0.639. The largest absolute Gasteiger partial charge is 0.382 e. The van der Waals surface area contributed by atoms with E-state index in [0.29, 0.717) is 9.49 Å². The third-order valence-corrected chi connectivity index (χ3v) is 2.41. The highest BCUT2D eigenvalue weighted by Gasteiger charge is 2.19. The molecule has 0 heterocycles. The molecule has 0 amide bonds. The number of nitrogens with zero attached hydrogens (tertiary/aromatic N) is 1. The summed E-state index contributed by atoms with van der Waals surface area (Å²) < 4.78 is 30.7. The number of rotatable bonds is 3. The first-order valence-electron chi connectivity index (χ1n) is 3.52. The van der Waals surface area contributed by atoms with Crippen molar-refractivity contribution in [2.24, 2.45) is 0 Å². The molecule has 14 heavy (non-hydrogen) atoms. The Kier molecular flexibility index (Phi) is 3.33. The van der Waals surface area contributed by atoms with Crippen molar-refractivity contribution in [2.75, 3.05) is 11.6 Å². The summed E-state index contributed by atoms with van der Waals surface area (Å²) in [6.45, 7) is 0. The highest BCUT2D eigenvalue weighted by molar-refractivity contribution is 7.87. The van der Waals surface area contributed by atoms with E-state index in [1.807, 2.05) is 0 Å². The fourth-order valence-electron chi connectivity index (χ4n) is 0.922. The van der Waals surface area contributed by atoms with Crippen LogP contribution in [0.4, 0.5) is 5.69 Å². The van der Waals surface area contributed by atoms with Crippen molar-refractivity contribution in [2.45, 2.75) is 0 Å². The van der Waals surface area contributed by atoms with Gasteiger partial charge in [0.1, 0.15) is 0 Å². The van der Waals surface area contributed by atoms with E-state index in [-0.39, 0.29) is 5.69 Å². The van der Waals surface area contributed by atoms with Gasteiger partial charge in [0.05, 0.1) is 12.8 Å². The van der Waals surface area contributed by atoms with Crippen molar-refractivity contribution in [3.05, 3.63) is 29.3 Å². The van der Waals surface area contributed by atoms with Gasteiger partial charge in [0.25, 0.3) is 0 Å². The van der Waals surface area contributed by atoms with Crippen LogP contribution in [0.3, 0.4) is 0 Å². The summed E-state index contributed by atoms with van der Waals surface area (Å²) in [6, 6.07) is 5.89. The standard InChI is InChI=1S/C7H8ClNO4S/c1-13-9(14(10,11)12)7-4-2-3-6(8)5-7/h2-5H,1H3,(H,10,11,12). The molecule has 1 aromatic carbocycles. The third kappa shape index (κ3) is 2.58. The minimum Gasteiger partial charge on any atom is -0.267 e. The molecule has 5 nitrogen and oxygen atoms in total. The lowest BCUT2D eigenvalue weighted by Gasteiger charge is -2.17. The first kappa shape index (κ1) is 11.3. The molecule has 78 valence electrons. The van der Waals surface area contributed by atoms with Crippen LogP contribution in [-0.2, 0) is 15.1 Å². The third-order valence-electron chi connectivity index (χ3n) is 1.39. The monoisotopic (exact) mass is 237 g/mol. The van der Waals surface area contributed by atoms with Crippen LogP contribution < -0.4 is 4.47 Å². The molecular formula is C7H8ClNO4S. The fraction of sp³-hybridized carbons (Fsp3) is 0.143. The summed E-state index contributed by atoms with van der Waals surface area (Å²) in [7, 11) is -3.31. The van der Waals surface area contributed by atoms with Crippen LogP contribution in [0, 0.1) is 0 Å². The summed E-state index contributed by atoms with van der Waals surface area (Å²) in [5.74, 6) is 0. The lowest BCUT2D eigenvalue weighted by Crippen LogP contribution is -2.28. The van der Waals surface area contributed by atoms with E-state index >= 15 is 0 Å². The summed E-state index contributed by atoms with van der Waals surface area (Å²) >= 11 is 5.64. The second kappa shape index (κ2) is 4.14. The Bertz CT molecular complexity index is 419. The van der Waals surface area contributed by atoms with E-state index in [2.05, 4.69) is 4.84 Å². The van der Waals surface area contributed by atoms with Gasteiger partial charge in [-0.25, -0.2) is 0 Å². The average molecular weight is 238 g/mol. The first-order chi connectivity index (χ1) is 6.45. The second-order valence-corrected chi connectivity index (χ2v) is 4.03. The van der Waals surface area contributed by atoms with Crippen molar-refractivity contribution in [1.29, 1.82) is 0 Å². The van der Waals surface area contributed by atoms with Crippen LogP contribution in [0.15, 0.2) is 24.3 Å². The molecule has 0 atom stereocenters. The maximum Gasteiger partial charge on any atom is 0.382 e. The van der Waals surface area contributed by atoms with E-state index in [1.165, 1.54) is 18.2 Å². The van der Waals surface area contributed by atoms with Gasteiger partial charge >= 0.3 is 10.3 Å². The molecule has 0 unspecified atom stereocenters. The SMILES string of the molecule is CON(c1cccc(Cl)c1)S(=O)(=O)O. The molecular weight excluding hydrogens is 230 g/mol. The van der Waals surface area contributed by atoms with E-state index in [1.54, 1.807) is 6.07 Å². The number of hydrogen-bond acceptors (Lipinski definition) is 3. The Hall–Kier alpha value is -0.820. The predicted octanol–water partition coefficient (Wildman–Crippen LogP) is 1.51. The van der Waals surface area contributed by atoms with Gasteiger partial charge in [-0.15, -0.1) is 4.47 Å². The van der Waals surface area contributed by atoms with Gasteiger partial charge in [0.2, 0.25) is 0 Å². The number of hydrogen-bond donors (Lipinski definition) is 1. The summed E-state index contributed by atoms with van der Waals surface area (Å²) in [6.07, 6.45) is 0. The Morgan fingerprint density at radius 1 is 1.50 bits per heavy atom. The van der Waals surface area contributed by atoms with Crippen LogP contribution in [0.25, 0.3) is 0 Å². The fourth-order valence-corrected chi connectivity index (χ4v) is 1.68. The van der Waals surface area contributed by atoms with Crippen LogP contribution in [0.5, 0.6) is 0 Å². The van der Waals surface area contributed by atoms with Crippen LogP contribution >= 0.6 is 11.6 Å². The molecule has 0 aliphatic carbocycles. The maximum atomic E-state index is 10.8. The topological polar surface area (TPSA) is 66.8 Å². The molecule has 0 saturated heterocycles. The highest BCUT2D eigenvalue weighted by atomic mass is 35.5. The highest BCUT2D eigenvalue weighted by Crippen LogP contribution is 2.21. The zero-order valence-corrected chi connectivity index (χ0v) is 8.79. The van der Waals surface area contributed by atoms with E-state index in [0.717, 1.165) is 7.11 Å². The van der Waals surface area contributed by atoms with Gasteiger partial charge in [-0.1, -0.05) is 17.7 Å². The molecule has 0 spiro atoms. The first-order valence-corrected chi connectivity index (χ1v) is 5.30. The number of anilines is 1. The Morgan fingerprint density at radius 2 is 2.14 bits per heavy atom. The smallest absolute Gasteiger partial charge is 0.267 e. The molecule has 0 aromatic heterocycles. The summed E-state index contributed by atoms with van der Waals surface area (Å²) in [5, 5.41) is 0.341. The minimum absolute atomic E-state index is 0.127. The van der Waals surface area contributed by atoms with Crippen molar-refractivity contribution >= 4 is 27.6 Å². The van der Waals surface area contributed by atoms with Crippen molar-refractivity contribution in [3.8, 4) is 0 Å². The normalized spacial score (nSPS) is 11.4. The molecule has 7 heteroatoms. The molecule has 0 fully saturated rings. The number of halogens is 1. The van der Waals surface area contributed by atoms with Crippen LogP contribution in [0.1, 0.15) is 0 Å². The Labute approximate surface area is 86.7 Å². The van der Waals surface area contributed by atoms with Gasteiger partial charge < -0.3 is 0 Å². The van der Waals surface area contributed by atoms with Crippen molar-refractivity contribution in [3.63, 3.8) is 0 Å². The zero-order valence-electron chi connectivity index (χ0n) is 7.21. The predicted molar refractivity (Wildman–Crippen MR) is 52.5 cm³/mol. The summed E-state index contributed by atoms with van der Waals surface area (Å²) in [4.78, 5) is 4.49. The van der Waals surface area contributed by atoms with E-state index < -0.39 is 10.3 Å². The minimum atomic E-state index is -4.43.